The van der Waals surface area contributed by atoms with E-state index < -0.39 is 5.97 Å². The summed E-state index contributed by atoms with van der Waals surface area (Å²) in [7, 11) is 0. The zero-order valence-corrected chi connectivity index (χ0v) is 11.6. The fourth-order valence-electron chi connectivity index (χ4n) is 1.87. The lowest BCUT2D eigenvalue weighted by Gasteiger charge is -2.09. The zero-order chi connectivity index (χ0) is 14.5. The first-order valence-electron chi connectivity index (χ1n) is 6.50. The molecule has 2 N–H and O–H groups in total. The van der Waals surface area contributed by atoms with Gasteiger partial charge in [-0.05, 0) is 37.5 Å². The number of H-pyrrole nitrogens is 1. The second kappa shape index (κ2) is 6.23. The van der Waals surface area contributed by atoms with Crippen molar-refractivity contribution in [2.24, 2.45) is 0 Å². The molecule has 0 unspecified atom stereocenters. The maximum Gasteiger partial charge on any atom is 0.303 e. The summed E-state index contributed by atoms with van der Waals surface area (Å²) >= 11 is 0. The Hall–Kier alpha value is -2.30. The van der Waals surface area contributed by atoms with Gasteiger partial charge in [-0.25, -0.2) is 4.98 Å². The number of aromatic nitrogens is 2. The molecule has 1 aromatic heterocycles. The minimum Gasteiger partial charge on any atom is -0.485 e. The van der Waals surface area contributed by atoms with Crippen LogP contribution in [0.1, 0.15) is 29.1 Å². The van der Waals surface area contributed by atoms with Crippen molar-refractivity contribution < 1.29 is 14.6 Å². The summed E-state index contributed by atoms with van der Waals surface area (Å²) in [5.74, 6) is 0.729. The molecule has 0 aliphatic heterocycles. The number of aryl methyl sites for hydroxylation is 2. The first-order valence-corrected chi connectivity index (χ1v) is 6.50. The fraction of sp³-hybridized carbons (Fsp3) is 0.333. The monoisotopic (exact) mass is 274 g/mol. The zero-order valence-electron chi connectivity index (χ0n) is 11.6. The second-order valence-electron chi connectivity index (χ2n) is 4.74. The van der Waals surface area contributed by atoms with Crippen LogP contribution in [-0.4, -0.2) is 21.0 Å². The second-order valence-corrected chi connectivity index (χ2v) is 4.74. The molecule has 20 heavy (non-hydrogen) atoms. The molecular formula is C15H18N2O3. The number of carboxylic acid groups (broad SMARTS) is 1. The number of hydrogen-bond donors (Lipinski definition) is 2. The van der Waals surface area contributed by atoms with Crippen molar-refractivity contribution in [3.8, 4) is 5.75 Å². The van der Waals surface area contributed by atoms with E-state index in [0.29, 0.717) is 18.9 Å². The molecule has 0 aliphatic carbocycles. The molecule has 0 aliphatic rings. The van der Waals surface area contributed by atoms with Crippen molar-refractivity contribution in [3.05, 3.63) is 47.0 Å². The van der Waals surface area contributed by atoms with Crippen LogP contribution in [0.15, 0.2) is 24.4 Å². The third-order valence-electron chi connectivity index (χ3n) is 3.21. The molecule has 0 radical (unpaired) electrons. The van der Waals surface area contributed by atoms with Gasteiger partial charge < -0.3 is 14.8 Å². The number of hydrogen-bond acceptors (Lipinski definition) is 3. The lowest BCUT2D eigenvalue weighted by molar-refractivity contribution is -0.136. The van der Waals surface area contributed by atoms with Gasteiger partial charge in [-0.2, -0.15) is 0 Å². The summed E-state index contributed by atoms with van der Waals surface area (Å²) in [6.07, 6.45) is 2.20. The van der Waals surface area contributed by atoms with E-state index in [0.717, 1.165) is 17.0 Å². The van der Waals surface area contributed by atoms with Gasteiger partial charge in [0.25, 0.3) is 0 Å². The number of imidazole rings is 1. The number of aliphatic carboxylic acids is 1. The number of ether oxygens (including phenoxy) is 1. The van der Waals surface area contributed by atoms with Gasteiger partial charge in [0.05, 0.1) is 6.42 Å². The van der Waals surface area contributed by atoms with Crippen molar-refractivity contribution in [2.45, 2.75) is 33.3 Å². The maximum absolute atomic E-state index is 10.5. The molecule has 0 atom stereocenters. The molecule has 2 aromatic rings. The average molecular weight is 274 g/mol. The molecule has 0 saturated carbocycles. The van der Waals surface area contributed by atoms with Crippen molar-refractivity contribution >= 4 is 5.97 Å². The van der Waals surface area contributed by atoms with Gasteiger partial charge in [-0.1, -0.05) is 12.1 Å². The standard InChI is InChI=1S/C15H18N2O3/c1-10-4-3-5-13(11(10)2)20-9-14-16-8-12(17-14)6-7-15(18)19/h3-5,8H,6-7,9H2,1-2H3,(H,16,17)(H,18,19). The van der Waals surface area contributed by atoms with Crippen LogP contribution in [0, 0.1) is 13.8 Å². The smallest absolute Gasteiger partial charge is 0.303 e. The van der Waals surface area contributed by atoms with Crippen LogP contribution < -0.4 is 4.74 Å². The number of benzene rings is 1. The van der Waals surface area contributed by atoms with Gasteiger partial charge in [0.2, 0.25) is 0 Å². The normalized spacial score (nSPS) is 10.5. The molecule has 1 aromatic carbocycles. The van der Waals surface area contributed by atoms with Gasteiger partial charge in [0, 0.05) is 11.9 Å². The molecule has 0 bridgehead atoms. The Morgan fingerprint density at radius 1 is 1.40 bits per heavy atom. The Labute approximate surface area is 117 Å². The summed E-state index contributed by atoms with van der Waals surface area (Å²) in [5.41, 5.74) is 3.11. The first kappa shape index (κ1) is 14.1. The summed E-state index contributed by atoms with van der Waals surface area (Å²) < 4.78 is 5.73. The van der Waals surface area contributed by atoms with Gasteiger partial charge in [0.15, 0.2) is 0 Å². The number of nitrogens with one attached hydrogen (secondary N) is 1. The molecule has 2 rings (SSSR count). The quantitative estimate of drug-likeness (QED) is 0.849. The van der Waals surface area contributed by atoms with Gasteiger partial charge in [-0.3, -0.25) is 4.79 Å². The van der Waals surface area contributed by atoms with E-state index in [1.54, 1.807) is 6.20 Å². The molecule has 0 saturated heterocycles. The van der Waals surface area contributed by atoms with Gasteiger partial charge in [-0.15, -0.1) is 0 Å². The Morgan fingerprint density at radius 2 is 2.20 bits per heavy atom. The highest BCUT2D eigenvalue weighted by Gasteiger charge is 2.06. The van der Waals surface area contributed by atoms with E-state index in [1.807, 2.05) is 32.0 Å². The predicted molar refractivity (Wildman–Crippen MR) is 74.8 cm³/mol. The van der Waals surface area contributed by atoms with Crippen molar-refractivity contribution in [2.75, 3.05) is 0 Å². The van der Waals surface area contributed by atoms with Crippen LogP contribution in [0.5, 0.6) is 5.75 Å². The van der Waals surface area contributed by atoms with Gasteiger partial charge in [0.1, 0.15) is 18.2 Å². The van der Waals surface area contributed by atoms with E-state index in [-0.39, 0.29) is 6.42 Å². The van der Waals surface area contributed by atoms with Crippen LogP contribution in [0.2, 0.25) is 0 Å². The van der Waals surface area contributed by atoms with Crippen LogP contribution in [-0.2, 0) is 17.8 Å². The van der Waals surface area contributed by atoms with E-state index in [4.69, 9.17) is 9.84 Å². The van der Waals surface area contributed by atoms with E-state index in [9.17, 15) is 4.79 Å². The third kappa shape index (κ3) is 3.60. The Balaban J connectivity index is 1.94. The molecule has 0 spiro atoms. The van der Waals surface area contributed by atoms with Crippen LogP contribution in [0.3, 0.4) is 0 Å². The van der Waals surface area contributed by atoms with Crippen LogP contribution in [0.4, 0.5) is 0 Å². The highest BCUT2D eigenvalue weighted by atomic mass is 16.5. The van der Waals surface area contributed by atoms with Gasteiger partial charge >= 0.3 is 5.97 Å². The molecule has 0 fully saturated rings. The average Bonchev–Trinajstić information content (AvgIpc) is 2.86. The van der Waals surface area contributed by atoms with Crippen LogP contribution in [0.25, 0.3) is 0 Å². The maximum atomic E-state index is 10.5. The summed E-state index contributed by atoms with van der Waals surface area (Å²) in [5, 5.41) is 8.63. The number of rotatable bonds is 6. The van der Waals surface area contributed by atoms with Crippen molar-refractivity contribution in [1.82, 2.24) is 9.97 Å². The van der Waals surface area contributed by atoms with E-state index in [1.165, 1.54) is 5.56 Å². The molecule has 1 heterocycles. The molecule has 5 nitrogen and oxygen atoms in total. The highest BCUT2D eigenvalue weighted by Crippen LogP contribution is 2.21. The van der Waals surface area contributed by atoms with Crippen molar-refractivity contribution in [3.63, 3.8) is 0 Å². The fourth-order valence-corrected chi connectivity index (χ4v) is 1.87. The Kier molecular flexibility index (Phi) is 4.40. The SMILES string of the molecule is Cc1cccc(OCc2ncc(CCC(=O)O)[nH]2)c1C. The lowest BCUT2D eigenvalue weighted by atomic mass is 10.1. The number of carbonyl (C=O) groups is 1. The largest absolute Gasteiger partial charge is 0.485 e. The number of nitrogens with zero attached hydrogens (tertiary/aromatic N) is 1. The summed E-state index contributed by atoms with van der Waals surface area (Å²) in [6, 6.07) is 5.92. The highest BCUT2D eigenvalue weighted by molar-refractivity contribution is 5.66. The van der Waals surface area contributed by atoms with E-state index >= 15 is 0 Å². The Morgan fingerprint density at radius 3 is 2.95 bits per heavy atom. The first-order chi connectivity index (χ1) is 9.56. The lowest BCUT2D eigenvalue weighted by Crippen LogP contribution is -2.01. The number of carboxylic acids is 1. The molecule has 0 amide bonds. The summed E-state index contributed by atoms with van der Waals surface area (Å²) in [4.78, 5) is 17.8. The van der Waals surface area contributed by atoms with Crippen molar-refractivity contribution in [1.29, 1.82) is 0 Å². The van der Waals surface area contributed by atoms with Crippen LogP contribution >= 0.6 is 0 Å². The molecule has 5 heteroatoms. The predicted octanol–water partition coefficient (Wildman–Crippen LogP) is 2.62. The number of aromatic amines is 1. The van der Waals surface area contributed by atoms with E-state index in [2.05, 4.69) is 9.97 Å². The third-order valence-corrected chi connectivity index (χ3v) is 3.21. The molecule has 106 valence electrons. The molecular weight excluding hydrogens is 256 g/mol. The summed E-state index contributed by atoms with van der Waals surface area (Å²) in [6.45, 7) is 4.40. The minimum absolute atomic E-state index is 0.0967. The topological polar surface area (TPSA) is 75.2 Å². The minimum atomic E-state index is -0.812. The Bertz CT molecular complexity index is 605.